The summed E-state index contributed by atoms with van der Waals surface area (Å²) in [5, 5.41) is 17.4. The molecule has 2 heterocycles. The van der Waals surface area contributed by atoms with E-state index in [1.54, 1.807) is 30.6 Å². The number of hydrogen-bond donors (Lipinski definition) is 0. The molecule has 6 nitrogen and oxygen atoms in total. The lowest BCUT2D eigenvalue weighted by molar-refractivity contribution is 0.290. The van der Waals surface area contributed by atoms with Gasteiger partial charge >= 0.3 is 0 Å². The van der Waals surface area contributed by atoms with Crippen LogP contribution in [0.3, 0.4) is 0 Å². The third-order valence-electron chi connectivity index (χ3n) is 4.12. The summed E-state index contributed by atoms with van der Waals surface area (Å²) < 4.78 is 6.60. The summed E-state index contributed by atoms with van der Waals surface area (Å²) in [4.78, 5) is 8.63. The number of aromatic nitrogens is 4. The average Bonchev–Trinajstić information content (AvgIpc) is 2.79. The van der Waals surface area contributed by atoms with Crippen molar-refractivity contribution in [3.8, 4) is 34.6 Å². The lowest BCUT2D eigenvalue weighted by Gasteiger charge is -2.07. The fourth-order valence-corrected chi connectivity index (χ4v) is 2.92. The molecule has 0 radical (unpaired) electrons. The minimum absolute atomic E-state index is 0.350. The van der Waals surface area contributed by atoms with Gasteiger partial charge in [0.2, 0.25) is 5.88 Å². The Labute approximate surface area is 176 Å². The minimum atomic E-state index is 0.350. The van der Waals surface area contributed by atoms with Crippen LogP contribution < -0.4 is 4.74 Å². The smallest absolute Gasteiger partial charge is 0.233 e. The van der Waals surface area contributed by atoms with Gasteiger partial charge in [-0.25, -0.2) is 9.97 Å². The Morgan fingerprint density at radius 2 is 1.69 bits per heavy atom. The Morgan fingerprint density at radius 3 is 2.45 bits per heavy atom. The predicted molar refractivity (Wildman–Crippen MR) is 112 cm³/mol. The number of hydrogen-bond acceptors (Lipinski definition) is 6. The van der Waals surface area contributed by atoms with Crippen molar-refractivity contribution in [2.75, 3.05) is 0 Å². The van der Waals surface area contributed by atoms with Crippen LogP contribution in [0, 0.1) is 11.3 Å². The SMILES string of the molecule is N#Cc1cccc(-c2ccc(OCc3cccc(-c4ncc(Br)cn4)c3)nn2)c1. The zero-order valence-corrected chi connectivity index (χ0v) is 16.7. The van der Waals surface area contributed by atoms with Crippen molar-refractivity contribution in [1.29, 1.82) is 5.26 Å². The highest BCUT2D eigenvalue weighted by Gasteiger charge is 2.06. The molecule has 0 aliphatic rings. The molecule has 0 N–H and O–H groups in total. The molecule has 0 aliphatic carbocycles. The first-order chi connectivity index (χ1) is 14.2. The molecule has 140 valence electrons. The summed E-state index contributed by atoms with van der Waals surface area (Å²) in [6.07, 6.45) is 3.43. The lowest BCUT2D eigenvalue weighted by Crippen LogP contribution is -1.99. The third-order valence-corrected chi connectivity index (χ3v) is 4.53. The van der Waals surface area contributed by atoms with Crippen molar-refractivity contribution in [2.45, 2.75) is 6.61 Å². The molecule has 4 rings (SSSR count). The van der Waals surface area contributed by atoms with Crippen LogP contribution in [0.2, 0.25) is 0 Å². The van der Waals surface area contributed by atoms with Gasteiger partial charge in [-0.1, -0.05) is 30.3 Å². The molecule has 0 atom stereocenters. The van der Waals surface area contributed by atoms with Crippen LogP contribution in [0.1, 0.15) is 11.1 Å². The summed E-state index contributed by atoms with van der Waals surface area (Å²) in [6, 6.07) is 20.8. The van der Waals surface area contributed by atoms with Gasteiger partial charge in [0.15, 0.2) is 5.82 Å². The van der Waals surface area contributed by atoms with Crippen molar-refractivity contribution >= 4 is 15.9 Å². The molecular weight excluding hydrogens is 430 g/mol. The number of nitrogens with zero attached hydrogens (tertiary/aromatic N) is 5. The molecule has 4 aromatic rings. The second kappa shape index (κ2) is 8.59. The van der Waals surface area contributed by atoms with Crippen molar-refractivity contribution in [3.05, 3.63) is 88.7 Å². The van der Waals surface area contributed by atoms with Crippen LogP contribution in [-0.2, 0) is 6.61 Å². The normalized spacial score (nSPS) is 10.3. The summed E-state index contributed by atoms with van der Waals surface area (Å²) in [5.74, 6) is 1.08. The van der Waals surface area contributed by atoms with Gasteiger partial charge in [-0.2, -0.15) is 5.26 Å². The monoisotopic (exact) mass is 443 g/mol. The zero-order valence-electron chi connectivity index (χ0n) is 15.2. The van der Waals surface area contributed by atoms with Gasteiger partial charge in [-0.3, -0.25) is 0 Å². The summed E-state index contributed by atoms with van der Waals surface area (Å²) >= 11 is 3.34. The predicted octanol–water partition coefficient (Wildman–Crippen LogP) is 4.81. The molecule has 7 heteroatoms. The molecule has 0 saturated heterocycles. The van der Waals surface area contributed by atoms with Gasteiger partial charge in [-0.05, 0) is 45.8 Å². The van der Waals surface area contributed by atoms with E-state index in [9.17, 15) is 0 Å². The maximum absolute atomic E-state index is 9.02. The van der Waals surface area contributed by atoms with E-state index in [-0.39, 0.29) is 0 Å². The topological polar surface area (TPSA) is 84.6 Å². The highest BCUT2D eigenvalue weighted by atomic mass is 79.9. The van der Waals surface area contributed by atoms with Crippen molar-refractivity contribution in [1.82, 2.24) is 20.2 Å². The molecule has 0 aliphatic heterocycles. The molecule has 0 spiro atoms. The first-order valence-corrected chi connectivity index (χ1v) is 9.54. The van der Waals surface area contributed by atoms with Gasteiger partial charge in [-0.15, -0.1) is 10.2 Å². The molecule has 0 fully saturated rings. The maximum Gasteiger partial charge on any atom is 0.233 e. The Hall–Kier alpha value is -3.63. The zero-order chi connectivity index (χ0) is 20.1. The number of nitriles is 1. The second-order valence-corrected chi connectivity index (χ2v) is 7.08. The maximum atomic E-state index is 9.02. The van der Waals surface area contributed by atoms with Crippen LogP contribution in [0.15, 0.2) is 77.5 Å². The average molecular weight is 444 g/mol. The van der Waals surface area contributed by atoms with Crippen LogP contribution in [0.4, 0.5) is 0 Å². The van der Waals surface area contributed by atoms with E-state index >= 15 is 0 Å². The molecule has 0 bridgehead atoms. The molecule has 29 heavy (non-hydrogen) atoms. The van der Waals surface area contributed by atoms with Crippen LogP contribution >= 0.6 is 15.9 Å². The molecular formula is C22H14BrN5O. The van der Waals surface area contributed by atoms with E-state index in [1.165, 1.54) is 0 Å². The van der Waals surface area contributed by atoms with E-state index in [0.717, 1.165) is 21.2 Å². The van der Waals surface area contributed by atoms with Gasteiger partial charge in [0.25, 0.3) is 0 Å². The first-order valence-electron chi connectivity index (χ1n) is 8.75. The van der Waals surface area contributed by atoms with E-state index in [4.69, 9.17) is 10.00 Å². The Balaban J connectivity index is 1.45. The Morgan fingerprint density at radius 1 is 0.897 bits per heavy atom. The molecule has 2 aromatic heterocycles. The highest BCUT2D eigenvalue weighted by Crippen LogP contribution is 2.21. The quantitative estimate of drug-likeness (QED) is 0.439. The van der Waals surface area contributed by atoms with E-state index in [1.807, 2.05) is 42.5 Å². The fourth-order valence-electron chi connectivity index (χ4n) is 2.72. The fraction of sp³-hybridized carbons (Fsp3) is 0.0455. The number of rotatable bonds is 5. The second-order valence-electron chi connectivity index (χ2n) is 6.16. The molecule has 0 unspecified atom stereocenters. The number of halogens is 1. The van der Waals surface area contributed by atoms with E-state index < -0.39 is 0 Å². The summed E-state index contributed by atoms with van der Waals surface area (Å²) in [6.45, 7) is 0.350. The van der Waals surface area contributed by atoms with Crippen LogP contribution in [0.25, 0.3) is 22.6 Å². The first kappa shape index (κ1) is 18.7. The van der Waals surface area contributed by atoms with Gasteiger partial charge in [0, 0.05) is 29.6 Å². The summed E-state index contributed by atoms with van der Waals surface area (Å²) in [5.41, 5.74) is 3.99. The van der Waals surface area contributed by atoms with E-state index in [2.05, 4.69) is 42.2 Å². The molecule has 2 aromatic carbocycles. The Kier molecular flexibility index (Phi) is 5.54. The van der Waals surface area contributed by atoms with Gasteiger partial charge < -0.3 is 4.74 Å². The summed E-state index contributed by atoms with van der Waals surface area (Å²) in [7, 11) is 0. The van der Waals surface area contributed by atoms with Gasteiger partial charge in [0.05, 0.1) is 21.8 Å². The van der Waals surface area contributed by atoms with Crippen LogP contribution in [0.5, 0.6) is 5.88 Å². The number of benzene rings is 2. The van der Waals surface area contributed by atoms with Crippen molar-refractivity contribution in [3.63, 3.8) is 0 Å². The van der Waals surface area contributed by atoms with Crippen LogP contribution in [-0.4, -0.2) is 20.2 Å². The Bertz CT molecular complexity index is 1170. The standard InChI is InChI=1S/C22H14BrN5O/c23-19-12-25-22(26-13-19)18-6-2-4-16(10-18)14-29-21-8-7-20(27-28-21)17-5-1-3-15(9-17)11-24/h1-10,12-13H,14H2. The lowest BCUT2D eigenvalue weighted by atomic mass is 10.1. The largest absolute Gasteiger partial charge is 0.472 e. The van der Waals surface area contributed by atoms with E-state index in [0.29, 0.717) is 29.6 Å². The minimum Gasteiger partial charge on any atom is -0.472 e. The number of ether oxygens (including phenoxy) is 1. The molecule has 0 saturated carbocycles. The van der Waals surface area contributed by atoms with Gasteiger partial charge in [0.1, 0.15) is 6.61 Å². The highest BCUT2D eigenvalue weighted by molar-refractivity contribution is 9.10. The molecule has 0 amide bonds. The van der Waals surface area contributed by atoms with Crippen molar-refractivity contribution in [2.24, 2.45) is 0 Å². The van der Waals surface area contributed by atoms with Crippen molar-refractivity contribution < 1.29 is 4.74 Å². The third kappa shape index (κ3) is 4.62.